The fourth-order valence-electron chi connectivity index (χ4n) is 1.33. The summed E-state index contributed by atoms with van der Waals surface area (Å²) in [5.41, 5.74) is 4.68. The molecule has 0 bridgehead atoms. The van der Waals surface area contributed by atoms with Gasteiger partial charge in [0.1, 0.15) is 0 Å². The Labute approximate surface area is 105 Å². The van der Waals surface area contributed by atoms with Crippen molar-refractivity contribution in [3.05, 3.63) is 52.2 Å². The van der Waals surface area contributed by atoms with Crippen molar-refractivity contribution < 1.29 is 18.4 Å². The second-order valence-electron chi connectivity index (χ2n) is 3.49. The molecule has 0 aliphatic heterocycles. The number of nitrogen functional groups attached to an aromatic ring is 1. The molecule has 0 atom stereocenters. The number of anilines is 1. The fraction of sp³-hybridized carbons (Fsp3) is 0. The van der Waals surface area contributed by atoms with Crippen LogP contribution in [-0.4, -0.2) is 9.91 Å². The van der Waals surface area contributed by atoms with Crippen molar-refractivity contribution in [3.8, 4) is 11.6 Å². The molecule has 1 heterocycles. The van der Waals surface area contributed by atoms with Crippen LogP contribution in [0.5, 0.6) is 11.6 Å². The summed E-state index contributed by atoms with van der Waals surface area (Å²) >= 11 is 0. The summed E-state index contributed by atoms with van der Waals surface area (Å²) in [6.07, 6.45) is 1.35. The molecular weight excluding hydrogens is 260 g/mol. The molecule has 2 rings (SSSR count). The molecular formula is C11H7F2N3O3. The minimum Gasteiger partial charge on any atom is -0.434 e. The maximum Gasteiger partial charge on any atom is 0.307 e. The topological polar surface area (TPSA) is 91.3 Å². The number of nitro groups is 1. The number of ether oxygens (including phenoxy) is 1. The summed E-state index contributed by atoms with van der Waals surface area (Å²) in [6, 6.07) is 4.00. The molecule has 2 aromatic rings. The van der Waals surface area contributed by atoms with E-state index in [4.69, 9.17) is 10.5 Å². The van der Waals surface area contributed by atoms with Crippen molar-refractivity contribution in [3.63, 3.8) is 0 Å². The van der Waals surface area contributed by atoms with Crippen molar-refractivity contribution >= 4 is 11.4 Å². The van der Waals surface area contributed by atoms with Gasteiger partial charge in [0, 0.05) is 12.3 Å². The number of benzene rings is 1. The lowest BCUT2D eigenvalue weighted by molar-refractivity contribution is -0.387. The summed E-state index contributed by atoms with van der Waals surface area (Å²) in [5.74, 6) is -2.95. The maximum absolute atomic E-state index is 13.5. The highest BCUT2D eigenvalue weighted by molar-refractivity contribution is 5.49. The lowest BCUT2D eigenvalue weighted by atomic mass is 10.3. The summed E-state index contributed by atoms with van der Waals surface area (Å²) in [4.78, 5) is 13.1. The van der Waals surface area contributed by atoms with Crippen molar-refractivity contribution in [2.75, 3.05) is 5.73 Å². The quantitative estimate of drug-likeness (QED) is 0.681. The van der Waals surface area contributed by atoms with Gasteiger partial charge in [0.05, 0.1) is 16.7 Å². The minimum absolute atomic E-state index is 0.116. The van der Waals surface area contributed by atoms with Crippen LogP contribution in [0.4, 0.5) is 20.2 Å². The number of nitrogens with two attached hydrogens (primary N) is 1. The summed E-state index contributed by atoms with van der Waals surface area (Å²) in [5, 5.41) is 10.4. The van der Waals surface area contributed by atoms with Crippen LogP contribution in [0.1, 0.15) is 0 Å². The predicted octanol–water partition coefficient (Wildman–Crippen LogP) is 2.64. The number of hydrogen-bond donors (Lipinski definition) is 1. The van der Waals surface area contributed by atoms with Gasteiger partial charge in [-0.3, -0.25) is 10.1 Å². The van der Waals surface area contributed by atoms with Gasteiger partial charge in [-0.05, 0) is 12.1 Å². The first kappa shape index (κ1) is 12.7. The highest BCUT2D eigenvalue weighted by Crippen LogP contribution is 2.31. The third kappa shape index (κ3) is 2.57. The summed E-state index contributed by atoms with van der Waals surface area (Å²) < 4.78 is 31.9. The second kappa shape index (κ2) is 4.84. The average Bonchev–Trinajstić information content (AvgIpc) is 2.35. The summed E-state index contributed by atoms with van der Waals surface area (Å²) in [6.45, 7) is 0. The molecule has 1 aromatic carbocycles. The molecule has 6 nitrogen and oxygen atoms in total. The van der Waals surface area contributed by atoms with E-state index in [9.17, 15) is 18.9 Å². The molecule has 0 unspecified atom stereocenters. The van der Waals surface area contributed by atoms with Gasteiger partial charge < -0.3 is 10.5 Å². The Morgan fingerprint density at radius 2 is 2.05 bits per heavy atom. The zero-order valence-electron chi connectivity index (χ0n) is 9.34. The number of hydrogen-bond acceptors (Lipinski definition) is 5. The van der Waals surface area contributed by atoms with E-state index in [1.54, 1.807) is 0 Å². The molecule has 0 fully saturated rings. The molecule has 1 aromatic heterocycles. The highest BCUT2D eigenvalue weighted by atomic mass is 19.1. The smallest absolute Gasteiger partial charge is 0.307 e. The van der Waals surface area contributed by atoms with E-state index in [1.807, 2.05) is 0 Å². The average molecular weight is 267 g/mol. The molecule has 19 heavy (non-hydrogen) atoms. The van der Waals surface area contributed by atoms with Gasteiger partial charge in [-0.15, -0.1) is 0 Å². The lowest BCUT2D eigenvalue weighted by Crippen LogP contribution is -1.99. The largest absolute Gasteiger partial charge is 0.434 e. The van der Waals surface area contributed by atoms with Crippen LogP contribution >= 0.6 is 0 Å². The number of aromatic nitrogens is 1. The monoisotopic (exact) mass is 267 g/mol. The van der Waals surface area contributed by atoms with Gasteiger partial charge in [-0.1, -0.05) is 0 Å². The van der Waals surface area contributed by atoms with Crippen molar-refractivity contribution in [2.24, 2.45) is 0 Å². The molecule has 0 radical (unpaired) electrons. The van der Waals surface area contributed by atoms with Gasteiger partial charge in [-0.2, -0.15) is 4.39 Å². The van der Waals surface area contributed by atoms with E-state index < -0.39 is 28.0 Å². The van der Waals surface area contributed by atoms with Crippen molar-refractivity contribution in [1.82, 2.24) is 4.98 Å². The molecule has 0 aliphatic rings. The van der Waals surface area contributed by atoms with E-state index >= 15 is 0 Å². The predicted molar refractivity (Wildman–Crippen MR) is 61.7 cm³/mol. The highest BCUT2D eigenvalue weighted by Gasteiger charge is 2.20. The standard InChI is InChI=1S/C11H7F2N3O3/c12-6-5-10(7(13)4-9(6)16(17)18)19-11-8(14)2-1-3-15-11/h1-5H,14H2. The number of halogens is 2. The zero-order chi connectivity index (χ0) is 14.0. The zero-order valence-corrected chi connectivity index (χ0v) is 9.34. The molecule has 0 saturated heterocycles. The van der Waals surface area contributed by atoms with Crippen molar-refractivity contribution in [2.45, 2.75) is 0 Å². The second-order valence-corrected chi connectivity index (χ2v) is 3.49. The van der Waals surface area contributed by atoms with E-state index in [2.05, 4.69) is 4.98 Å². The van der Waals surface area contributed by atoms with E-state index in [-0.39, 0.29) is 11.6 Å². The summed E-state index contributed by atoms with van der Waals surface area (Å²) in [7, 11) is 0. The number of rotatable bonds is 3. The van der Waals surface area contributed by atoms with E-state index in [1.165, 1.54) is 18.3 Å². The Kier molecular flexibility index (Phi) is 3.23. The van der Waals surface area contributed by atoms with Crippen LogP contribution in [-0.2, 0) is 0 Å². The van der Waals surface area contributed by atoms with Crippen LogP contribution < -0.4 is 10.5 Å². The molecule has 2 N–H and O–H groups in total. The van der Waals surface area contributed by atoms with Gasteiger partial charge in [0.2, 0.25) is 11.7 Å². The Morgan fingerprint density at radius 1 is 1.32 bits per heavy atom. The van der Waals surface area contributed by atoms with Crippen LogP contribution in [0.15, 0.2) is 30.5 Å². The Morgan fingerprint density at radius 3 is 2.68 bits per heavy atom. The first-order chi connectivity index (χ1) is 8.99. The van der Waals surface area contributed by atoms with Gasteiger partial charge in [-0.25, -0.2) is 9.37 Å². The minimum atomic E-state index is -1.21. The third-order valence-corrected chi connectivity index (χ3v) is 2.21. The van der Waals surface area contributed by atoms with Gasteiger partial charge >= 0.3 is 5.69 Å². The van der Waals surface area contributed by atoms with Crippen LogP contribution in [0.2, 0.25) is 0 Å². The fourth-order valence-corrected chi connectivity index (χ4v) is 1.33. The molecule has 0 amide bonds. The number of nitrogens with zero attached hydrogens (tertiary/aromatic N) is 2. The molecule has 0 saturated carbocycles. The van der Waals surface area contributed by atoms with Crippen LogP contribution in [0.25, 0.3) is 0 Å². The third-order valence-electron chi connectivity index (χ3n) is 2.21. The molecule has 8 heteroatoms. The lowest BCUT2D eigenvalue weighted by Gasteiger charge is -2.07. The maximum atomic E-state index is 13.5. The van der Waals surface area contributed by atoms with Gasteiger partial charge in [0.25, 0.3) is 0 Å². The number of nitro benzene ring substituents is 1. The first-order valence-electron chi connectivity index (χ1n) is 5.01. The SMILES string of the molecule is Nc1cccnc1Oc1cc(F)c([N+](=O)[O-])cc1F. The normalized spacial score (nSPS) is 10.2. The number of pyridine rings is 1. The van der Waals surface area contributed by atoms with Gasteiger partial charge in [0.15, 0.2) is 11.6 Å². The molecule has 0 spiro atoms. The Bertz CT molecular complexity index is 649. The van der Waals surface area contributed by atoms with E-state index in [0.29, 0.717) is 12.1 Å². The van der Waals surface area contributed by atoms with E-state index in [0.717, 1.165) is 0 Å². The van der Waals surface area contributed by atoms with Crippen LogP contribution in [0.3, 0.4) is 0 Å². The first-order valence-corrected chi connectivity index (χ1v) is 5.01. The van der Waals surface area contributed by atoms with Crippen LogP contribution in [0, 0.1) is 21.7 Å². The molecule has 98 valence electrons. The molecule has 0 aliphatic carbocycles. The Hall–Kier alpha value is -2.77. The van der Waals surface area contributed by atoms with Crippen molar-refractivity contribution in [1.29, 1.82) is 0 Å². The Balaban J connectivity index is 2.39.